The SMILES string of the molecule is O=C1C=CC2(CC(O)OC3=C2C(=O)c2oc4cc(O)c(O)cc4c2C3=O)O1. The number of ether oxygens (including phenoxy) is 2. The van der Waals surface area contributed by atoms with Crippen molar-refractivity contribution in [2.24, 2.45) is 0 Å². The first-order valence-electron chi connectivity index (χ1n) is 7.90. The van der Waals surface area contributed by atoms with Gasteiger partial charge in [0, 0.05) is 17.5 Å². The highest BCUT2D eigenvalue weighted by atomic mass is 16.6. The van der Waals surface area contributed by atoms with Crippen molar-refractivity contribution in [2.75, 3.05) is 0 Å². The fourth-order valence-corrected chi connectivity index (χ4v) is 3.68. The van der Waals surface area contributed by atoms with Gasteiger partial charge in [-0.2, -0.15) is 0 Å². The maximum atomic E-state index is 13.1. The molecule has 2 aromatic rings. The van der Waals surface area contributed by atoms with Gasteiger partial charge < -0.3 is 29.2 Å². The Labute approximate surface area is 149 Å². The first kappa shape index (κ1) is 15.6. The van der Waals surface area contributed by atoms with Crippen molar-refractivity contribution in [1.29, 1.82) is 0 Å². The smallest absolute Gasteiger partial charge is 0.331 e. The molecule has 5 rings (SSSR count). The Balaban J connectivity index is 1.78. The topological polar surface area (TPSA) is 144 Å². The van der Waals surface area contributed by atoms with E-state index in [1.54, 1.807) is 0 Å². The number of carbonyl (C=O) groups excluding carboxylic acids is 3. The van der Waals surface area contributed by atoms with Crippen LogP contribution in [0.15, 0.2) is 40.0 Å². The van der Waals surface area contributed by atoms with Crippen LogP contribution in [-0.2, 0) is 14.3 Å². The number of esters is 1. The minimum absolute atomic E-state index is 0.00500. The van der Waals surface area contributed by atoms with Crippen LogP contribution in [0.5, 0.6) is 11.5 Å². The van der Waals surface area contributed by atoms with Crippen LogP contribution < -0.4 is 0 Å². The molecule has 1 aliphatic carbocycles. The normalized spacial score (nSPS) is 26.4. The van der Waals surface area contributed by atoms with Gasteiger partial charge in [0.05, 0.1) is 17.6 Å². The third-order valence-electron chi connectivity index (χ3n) is 4.81. The summed E-state index contributed by atoms with van der Waals surface area (Å²) in [5.41, 5.74) is -2.02. The molecule has 1 aromatic heterocycles. The highest BCUT2D eigenvalue weighted by Gasteiger charge is 2.55. The van der Waals surface area contributed by atoms with Crippen molar-refractivity contribution >= 4 is 28.5 Å². The van der Waals surface area contributed by atoms with Crippen LogP contribution in [-0.4, -0.2) is 44.7 Å². The summed E-state index contributed by atoms with van der Waals surface area (Å²) in [4.78, 5) is 37.7. The Morgan fingerprint density at radius 2 is 1.81 bits per heavy atom. The molecule has 3 aliphatic rings. The molecule has 3 heterocycles. The van der Waals surface area contributed by atoms with Gasteiger partial charge in [-0.1, -0.05) is 0 Å². The lowest BCUT2D eigenvalue weighted by Gasteiger charge is -2.37. The van der Waals surface area contributed by atoms with E-state index in [2.05, 4.69) is 0 Å². The van der Waals surface area contributed by atoms with Crippen molar-refractivity contribution in [3.63, 3.8) is 0 Å². The highest BCUT2D eigenvalue weighted by molar-refractivity contribution is 6.30. The Hall–Kier alpha value is -3.59. The largest absolute Gasteiger partial charge is 0.504 e. The number of aromatic hydroxyl groups is 2. The lowest BCUT2D eigenvalue weighted by Crippen LogP contribution is -2.46. The summed E-state index contributed by atoms with van der Waals surface area (Å²) in [5, 5.41) is 29.5. The van der Waals surface area contributed by atoms with Crippen LogP contribution in [0, 0.1) is 0 Å². The summed E-state index contributed by atoms with van der Waals surface area (Å²) >= 11 is 0. The molecule has 0 bridgehead atoms. The molecule has 0 amide bonds. The van der Waals surface area contributed by atoms with E-state index in [0.717, 1.165) is 18.2 Å². The average molecular weight is 370 g/mol. The first-order valence-corrected chi connectivity index (χ1v) is 7.90. The van der Waals surface area contributed by atoms with Gasteiger partial charge in [-0.3, -0.25) is 9.59 Å². The zero-order valence-electron chi connectivity index (χ0n) is 13.4. The monoisotopic (exact) mass is 370 g/mol. The van der Waals surface area contributed by atoms with Crippen molar-refractivity contribution < 1.29 is 43.6 Å². The van der Waals surface area contributed by atoms with E-state index in [1.165, 1.54) is 6.08 Å². The minimum atomic E-state index is -1.63. The van der Waals surface area contributed by atoms with Gasteiger partial charge in [0.2, 0.25) is 17.9 Å². The van der Waals surface area contributed by atoms with Crippen molar-refractivity contribution in [3.8, 4) is 11.5 Å². The standard InChI is InChI=1S/C18H10O9/c19-7-3-6-9(4-8(7)20)25-16-12(6)14(23)17-13(15(16)24)18(5-11(22)26-17)2-1-10(21)27-18/h1-4,11,19-20,22H,5H2. The number of aliphatic hydroxyl groups excluding tert-OH is 1. The van der Waals surface area contributed by atoms with E-state index >= 15 is 0 Å². The van der Waals surface area contributed by atoms with Gasteiger partial charge in [0.15, 0.2) is 28.6 Å². The number of allylic oxidation sites excluding steroid dienone is 1. The lowest BCUT2D eigenvalue weighted by atomic mass is 9.78. The predicted octanol–water partition coefficient (Wildman–Crippen LogP) is 1.07. The van der Waals surface area contributed by atoms with Crippen LogP contribution in [0.2, 0.25) is 0 Å². The molecule has 1 aromatic carbocycles. The van der Waals surface area contributed by atoms with Crippen molar-refractivity contribution in [3.05, 3.63) is 46.9 Å². The van der Waals surface area contributed by atoms with Gasteiger partial charge >= 0.3 is 5.97 Å². The maximum Gasteiger partial charge on any atom is 0.331 e. The Bertz CT molecular complexity index is 1150. The van der Waals surface area contributed by atoms with Gasteiger partial charge in [0.25, 0.3) is 0 Å². The molecule has 3 N–H and O–H groups in total. The Morgan fingerprint density at radius 3 is 2.52 bits per heavy atom. The number of Topliss-reactive ketones (excluding diaryl/α,β-unsaturated/α-hetero) is 2. The number of phenolic OH excluding ortho intramolecular Hbond substituents is 2. The molecule has 9 nitrogen and oxygen atoms in total. The molecule has 136 valence electrons. The molecule has 0 radical (unpaired) electrons. The van der Waals surface area contributed by atoms with Gasteiger partial charge in [-0.15, -0.1) is 0 Å². The molecule has 1 spiro atoms. The van der Waals surface area contributed by atoms with Crippen LogP contribution in [0.3, 0.4) is 0 Å². The van der Waals surface area contributed by atoms with E-state index in [-0.39, 0.29) is 34.3 Å². The number of rotatable bonds is 0. The van der Waals surface area contributed by atoms with E-state index < -0.39 is 46.7 Å². The molecule has 9 heteroatoms. The lowest BCUT2D eigenvalue weighted by molar-refractivity contribution is -0.155. The predicted molar refractivity (Wildman–Crippen MR) is 84.9 cm³/mol. The van der Waals surface area contributed by atoms with Gasteiger partial charge in [-0.05, 0) is 12.1 Å². The number of phenols is 2. The summed E-state index contributed by atoms with van der Waals surface area (Å²) in [5.74, 6) is -3.99. The molecule has 2 unspecified atom stereocenters. The summed E-state index contributed by atoms with van der Waals surface area (Å²) in [7, 11) is 0. The molecule has 0 saturated carbocycles. The first-order chi connectivity index (χ1) is 12.8. The molecule has 27 heavy (non-hydrogen) atoms. The Kier molecular flexibility index (Phi) is 2.76. The number of hydrogen-bond donors (Lipinski definition) is 3. The van der Waals surface area contributed by atoms with E-state index in [1.807, 2.05) is 0 Å². The van der Waals surface area contributed by atoms with E-state index in [0.29, 0.717) is 0 Å². The fourth-order valence-electron chi connectivity index (χ4n) is 3.68. The zero-order valence-corrected chi connectivity index (χ0v) is 13.4. The third-order valence-corrected chi connectivity index (χ3v) is 4.81. The van der Waals surface area contributed by atoms with Gasteiger partial charge in [0.1, 0.15) is 5.58 Å². The number of hydrogen-bond acceptors (Lipinski definition) is 9. The van der Waals surface area contributed by atoms with Crippen LogP contribution in [0.4, 0.5) is 0 Å². The number of benzene rings is 1. The second-order valence-electron chi connectivity index (χ2n) is 6.43. The zero-order chi connectivity index (χ0) is 19.1. The Morgan fingerprint density at radius 1 is 1.07 bits per heavy atom. The number of ketones is 2. The average Bonchev–Trinajstić information content (AvgIpc) is 3.14. The van der Waals surface area contributed by atoms with Gasteiger partial charge in [-0.25, -0.2) is 4.79 Å². The molecular formula is C18H10O9. The molecule has 0 fully saturated rings. The highest BCUT2D eigenvalue weighted by Crippen LogP contribution is 2.47. The number of fused-ring (bicyclic) bond motifs is 4. The van der Waals surface area contributed by atoms with Crippen LogP contribution in [0.1, 0.15) is 27.3 Å². The second-order valence-corrected chi connectivity index (χ2v) is 6.43. The van der Waals surface area contributed by atoms with Crippen molar-refractivity contribution in [2.45, 2.75) is 18.3 Å². The fraction of sp³-hybridized carbons (Fsp3) is 0.167. The van der Waals surface area contributed by atoms with Crippen molar-refractivity contribution in [1.82, 2.24) is 0 Å². The molecular weight excluding hydrogens is 360 g/mol. The maximum absolute atomic E-state index is 13.1. The number of carbonyl (C=O) groups is 3. The summed E-state index contributed by atoms with van der Waals surface area (Å²) in [6.45, 7) is 0. The molecule has 2 aliphatic heterocycles. The van der Waals surface area contributed by atoms with Crippen LogP contribution in [0.25, 0.3) is 11.0 Å². The second kappa shape index (κ2) is 4.77. The number of aliphatic hydroxyl groups is 1. The summed E-state index contributed by atoms with van der Waals surface area (Å²) < 4.78 is 15.9. The third kappa shape index (κ3) is 1.88. The summed E-state index contributed by atoms with van der Waals surface area (Å²) in [6.07, 6.45) is 0.662. The summed E-state index contributed by atoms with van der Waals surface area (Å²) in [6, 6.07) is 2.16. The van der Waals surface area contributed by atoms with E-state index in [9.17, 15) is 29.7 Å². The molecule has 2 atom stereocenters. The quantitative estimate of drug-likeness (QED) is 0.458. The number of furan rings is 1. The minimum Gasteiger partial charge on any atom is -0.504 e. The van der Waals surface area contributed by atoms with E-state index in [4.69, 9.17) is 13.9 Å². The molecule has 0 saturated heterocycles. The van der Waals surface area contributed by atoms with Crippen LogP contribution >= 0.6 is 0 Å².